The van der Waals surface area contributed by atoms with Crippen molar-refractivity contribution >= 4 is 22.4 Å². The summed E-state index contributed by atoms with van der Waals surface area (Å²) in [6.45, 7) is 2.21. The van der Waals surface area contributed by atoms with Crippen molar-refractivity contribution in [2.75, 3.05) is 11.9 Å². The number of nitriles is 1. The average molecular weight is 210 g/mol. The van der Waals surface area contributed by atoms with Gasteiger partial charge < -0.3 is 11.1 Å². The quantitative estimate of drug-likeness (QED) is 0.761. The molecule has 1 aromatic rings. The zero-order chi connectivity index (χ0) is 10.6. The molecule has 1 aromatic heterocycles. The molecule has 0 fully saturated rings. The second kappa shape index (κ2) is 4.58. The summed E-state index contributed by atoms with van der Waals surface area (Å²) in [5.74, 6) is -0.364. The Kier molecular flexibility index (Phi) is 3.42. The van der Waals surface area contributed by atoms with Crippen LogP contribution in [0, 0.1) is 18.3 Å². The van der Waals surface area contributed by atoms with E-state index >= 15 is 0 Å². The Hall–Kier alpha value is -1.61. The van der Waals surface area contributed by atoms with Crippen molar-refractivity contribution in [3.05, 3.63) is 11.3 Å². The van der Waals surface area contributed by atoms with Crippen LogP contribution in [0.1, 0.15) is 17.7 Å². The topological polar surface area (TPSA) is 91.8 Å². The van der Waals surface area contributed by atoms with Gasteiger partial charge in [-0.25, -0.2) is 0 Å². The highest BCUT2D eigenvalue weighted by molar-refractivity contribution is 7.10. The van der Waals surface area contributed by atoms with Gasteiger partial charge in [-0.05, 0) is 18.5 Å². The molecule has 0 saturated carbocycles. The van der Waals surface area contributed by atoms with Crippen molar-refractivity contribution in [2.24, 2.45) is 5.73 Å². The Bertz CT molecular complexity index is 379. The highest BCUT2D eigenvalue weighted by Crippen LogP contribution is 2.22. The normalized spacial score (nSPS) is 9.43. The van der Waals surface area contributed by atoms with Gasteiger partial charge in [0.25, 0.3) is 0 Å². The monoisotopic (exact) mass is 210 g/mol. The van der Waals surface area contributed by atoms with Crippen LogP contribution in [0.4, 0.5) is 5.00 Å². The van der Waals surface area contributed by atoms with Crippen LogP contribution < -0.4 is 11.1 Å². The van der Waals surface area contributed by atoms with E-state index in [1.165, 1.54) is 11.5 Å². The van der Waals surface area contributed by atoms with Crippen molar-refractivity contribution in [1.82, 2.24) is 4.37 Å². The third-order valence-electron chi connectivity index (χ3n) is 1.63. The molecule has 0 unspecified atom stereocenters. The van der Waals surface area contributed by atoms with E-state index in [-0.39, 0.29) is 12.3 Å². The number of nitrogens with zero attached hydrogens (tertiary/aromatic N) is 2. The molecule has 0 aliphatic carbocycles. The van der Waals surface area contributed by atoms with E-state index in [2.05, 4.69) is 15.8 Å². The molecule has 0 saturated heterocycles. The van der Waals surface area contributed by atoms with E-state index in [0.717, 1.165) is 0 Å². The Morgan fingerprint density at radius 2 is 2.50 bits per heavy atom. The van der Waals surface area contributed by atoms with E-state index in [1.54, 1.807) is 6.92 Å². The van der Waals surface area contributed by atoms with Crippen LogP contribution in [-0.4, -0.2) is 16.8 Å². The van der Waals surface area contributed by atoms with Gasteiger partial charge in [0.1, 0.15) is 16.6 Å². The van der Waals surface area contributed by atoms with E-state index in [4.69, 9.17) is 11.0 Å². The van der Waals surface area contributed by atoms with Gasteiger partial charge in [-0.1, -0.05) is 0 Å². The molecule has 0 aliphatic rings. The first-order valence-electron chi connectivity index (χ1n) is 4.03. The molecule has 0 spiro atoms. The summed E-state index contributed by atoms with van der Waals surface area (Å²) in [7, 11) is 0. The number of hydrogen-bond donors (Lipinski definition) is 2. The predicted molar refractivity (Wildman–Crippen MR) is 53.9 cm³/mol. The van der Waals surface area contributed by atoms with Gasteiger partial charge in [0.05, 0.1) is 5.69 Å². The van der Waals surface area contributed by atoms with Crippen LogP contribution in [0.5, 0.6) is 0 Å². The van der Waals surface area contributed by atoms with Gasteiger partial charge in [-0.15, -0.1) is 0 Å². The first-order valence-corrected chi connectivity index (χ1v) is 4.81. The summed E-state index contributed by atoms with van der Waals surface area (Å²) in [5.41, 5.74) is 6.22. The largest absolute Gasteiger partial charge is 0.374 e. The van der Waals surface area contributed by atoms with Gasteiger partial charge in [-0.2, -0.15) is 9.64 Å². The molecule has 14 heavy (non-hydrogen) atoms. The van der Waals surface area contributed by atoms with Gasteiger partial charge in [0.15, 0.2) is 0 Å². The molecule has 0 radical (unpaired) electrons. The standard InChI is InChI=1S/C8H10N4OS/c1-5-6(4-9)8(14-12-5)11-3-2-7(10)13/h11H,2-3H2,1H3,(H2,10,13). The third-order valence-corrected chi connectivity index (χ3v) is 2.53. The molecule has 3 N–H and O–H groups in total. The average Bonchev–Trinajstić information content (AvgIpc) is 2.46. The summed E-state index contributed by atoms with van der Waals surface area (Å²) in [5, 5.41) is 12.4. The molecular weight excluding hydrogens is 200 g/mol. The van der Waals surface area contributed by atoms with Crippen molar-refractivity contribution in [3.63, 3.8) is 0 Å². The number of rotatable bonds is 4. The molecule has 6 heteroatoms. The Labute approximate surface area is 85.7 Å². The van der Waals surface area contributed by atoms with Gasteiger partial charge in [0, 0.05) is 13.0 Å². The number of amides is 1. The van der Waals surface area contributed by atoms with Crippen molar-refractivity contribution < 1.29 is 4.79 Å². The van der Waals surface area contributed by atoms with E-state index in [1.807, 2.05) is 0 Å². The Morgan fingerprint density at radius 1 is 1.79 bits per heavy atom. The van der Waals surface area contributed by atoms with E-state index in [9.17, 15) is 4.79 Å². The Balaban J connectivity index is 2.59. The number of anilines is 1. The molecule has 0 bridgehead atoms. The SMILES string of the molecule is Cc1nsc(NCCC(N)=O)c1C#N. The molecule has 0 atom stereocenters. The smallest absolute Gasteiger partial charge is 0.219 e. The molecule has 74 valence electrons. The lowest BCUT2D eigenvalue weighted by molar-refractivity contribution is -0.117. The summed E-state index contributed by atoms with van der Waals surface area (Å²) in [6.07, 6.45) is 0.252. The second-order valence-electron chi connectivity index (χ2n) is 2.73. The van der Waals surface area contributed by atoms with Crippen LogP contribution >= 0.6 is 11.5 Å². The lowest BCUT2D eigenvalue weighted by Crippen LogP contribution is -2.15. The first kappa shape index (κ1) is 10.5. The highest BCUT2D eigenvalue weighted by atomic mass is 32.1. The number of nitrogens with two attached hydrogens (primary N) is 1. The van der Waals surface area contributed by atoms with Crippen molar-refractivity contribution in [2.45, 2.75) is 13.3 Å². The summed E-state index contributed by atoms with van der Waals surface area (Å²) in [6, 6.07) is 2.05. The van der Waals surface area contributed by atoms with Gasteiger partial charge in [-0.3, -0.25) is 4.79 Å². The fourth-order valence-electron chi connectivity index (χ4n) is 0.921. The summed E-state index contributed by atoms with van der Waals surface area (Å²) in [4.78, 5) is 10.5. The summed E-state index contributed by atoms with van der Waals surface area (Å²) < 4.78 is 4.03. The number of carbonyl (C=O) groups excluding carboxylic acids is 1. The maximum Gasteiger partial charge on any atom is 0.219 e. The minimum absolute atomic E-state index is 0.252. The third kappa shape index (κ3) is 2.44. The number of aryl methyl sites for hydroxylation is 1. The predicted octanol–water partition coefficient (Wildman–Crippen LogP) is 0.611. The van der Waals surface area contributed by atoms with Crippen LogP contribution in [0.15, 0.2) is 0 Å². The maximum atomic E-state index is 10.5. The van der Waals surface area contributed by atoms with Crippen LogP contribution in [-0.2, 0) is 4.79 Å². The van der Waals surface area contributed by atoms with Crippen LogP contribution in [0.25, 0.3) is 0 Å². The fraction of sp³-hybridized carbons (Fsp3) is 0.375. The lowest BCUT2D eigenvalue weighted by atomic mass is 10.3. The molecule has 5 nitrogen and oxygen atoms in total. The summed E-state index contributed by atoms with van der Waals surface area (Å²) >= 11 is 1.22. The Morgan fingerprint density at radius 3 is 3.07 bits per heavy atom. The number of carbonyl (C=O) groups is 1. The highest BCUT2D eigenvalue weighted by Gasteiger charge is 2.09. The number of primary amides is 1. The van der Waals surface area contributed by atoms with Crippen molar-refractivity contribution in [1.29, 1.82) is 5.26 Å². The molecule has 1 amide bonds. The lowest BCUT2D eigenvalue weighted by Gasteiger charge is -2.00. The minimum atomic E-state index is -0.364. The van der Waals surface area contributed by atoms with Crippen LogP contribution in [0.2, 0.25) is 0 Å². The minimum Gasteiger partial charge on any atom is -0.374 e. The molecule has 0 aromatic carbocycles. The zero-order valence-electron chi connectivity index (χ0n) is 7.70. The van der Waals surface area contributed by atoms with Gasteiger partial charge in [0.2, 0.25) is 5.91 Å². The molecule has 1 rings (SSSR count). The first-order chi connectivity index (χ1) is 6.65. The molecular formula is C8H10N4OS. The fourth-order valence-corrected chi connectivity index (χ4v) is 1.69. The molecule has 1 heterocycles. The number of hydrogen-bond acceptors (Lipinski definition) is 5. The second-order valence-corrected chi connectivity index (χ2v) is 3.50. The number of nitrogens with one attached hydrogen (secondary N) is 1. The van der Waals surface area contributed by atoms with E-state index in [0.29, 0.717) is 22.8 Å². The number of aromatic nitrogens is 1. The maximum absolute atomic E-state index is 10.5. The van der Waals surface area contributed by atoms with Crippen LogP contribution in [0.3, 0.4) is 0 Å². The van der Waals surface area contributed by atoms with E-state index < -0.39 is 0 Å². The van der Waals surface area contributed by atoms with Gasteiger partial charge >= 0.3 is 0 Å². The van der Waals surface area contributed by atoms with Crippen molar-refractivity contribution in [3.8, 4) is 6.07 Å². The zero-order valence-corrected chi connectivity index (χ0v) is 8.52. The molecule has 0 aliphatic heterocycles.